The molecular formula is C15H24N2O2. The van der Waals surface area contributed by atoms with Crippen molar-refractivity contribution in [2.45, 2.75) is 25.3 Å². The third-order valence-electron chi connectivity index (χ3n) is 3.65. The van der Waals surface area contributed by atoms with Gasteiger partial charge in [-0.25, -0.2) is 0 Å². The van der Waals surface area contributed by atoms with E-state index in [0.717, 1.165) is 37.6 Å². The molecule has 0 atom stereocenters. The quantitative estimate of drug-likeness (QED) is 0.819. The minimum atomic E-state index is 0.651. The van der Waals surface area contributed by atoms with E-state index in [2.05, 4.69) is 16.7 Å². The third-order valence-corrected chi connectivity index (χ3v) is 3.65. The summed E-state index contributed by atoms with van der Waals surface area (Å²) in [4.78, 5) is 0. The third kappa shape index (κ3) is 4.11. The smallest absolute Gasteiger partial charge is 0.122 e. The van der Waals surface area contributed by atoms with E-state index in [1.54, 1.807) is 14.2 Å². The van der Waals surface area contributed by atoms with Gasteiger partial charge in [-0.3, -0.25) is 0 Å². The van der Waals surface area contributed by atoms with Crippen LogP contribution in [0.3, 0.4) is 0 Å². The van der Waals surface area contributed by atoms with Gasteiger partial charge >= 0.3 is 0 Å². The minimum Gasteiger partial charge on any atom is -0.497 e. The topological polar surface area (TPSA) is 42.5 Å². The summed E-state index contributed by atoms with van der Waals surface area (Å²) >= 11 is 0. The van der Waals surface area contributed by atoms with Gasteiger partial charge in [0.1, 0.15) is 11.5 Å². The molecule has 4 nitrogen and oxygen atoms in total. The summed E-state index contributed by atoms with van der Waals surface area (Å²) in [5, 5.41) is 7.00. The van der Waals surface area contributed by atoms with Gasteiger partial charge in [-0.1, -0.05) is 0 Å². The molecule has 0 radical (unpaired) electrons. The van der Waals surface area contributed by atoms with Gasteiger partial charge in [0.2, 0.25) is 0 Å². The zero-order chi connectivity index (χ0) is 13.5. The molecule has 1 heterocycles. The minimum absolute atomic E-state index is 0.651. The van der Waals surface area contributed by atoms with Crippen LogP contribution in [0.1, 0.15) is 18.4 Å². The highest BCUT2D eigenvalue weighted by Gasteiger charge is 2.12. The fraction of sp³-hybridized carbons (Fsp3) is 0.600. The number of hydrogen-bond donors (Lipinski definition) is 2. The van der Waals surface area contributed by atoms with Crippen LogP contribution in [0, 0.1) is 0 Å². The highest BCUT2D eigenvalue weighted by molar-refractivity contribution is 5.40. The Labute approximate surface area is 115 Å². The molecule has 19 heavy (non-hydrogen) atoms. The van der Waals surface area contributed by atoms with Gasteiger partial charge in [-0.15, -0.1) is 0 Å². The number of benzene rings is 1. The maximum Gasteiger partial charge on any atom is 0.122 e. The van der Waals surface area contributed by atoms with E-state index in [-0.39, 0.29) is 0 Å². The average molecular weight is 264 g/mol. The molecule has 1 fully saturated rings. The Kier molecular flexibility index (Phi) is 5.48. The number of ether oxygens (including phenoxy) is 2. The van der Waals surface area contributed by atoms with E-state index in [1.807, 2.05) is 12.1 Å². The first kappa shape index (κ1) is 14.2. The number of hydrogen-bond acceptors (Lipinski definition) is 4. The second-order valence-electron chi connectivity index (χ2n) is 4.91. The summed E-state index contributed by atoms with van der Waals surface area (Å²) in [5.41, 5.74) is 1.20. The summed E-state index contributed by atoms with van der Waals surface area (Å²) in [6.07, 6.45) is 3.40. The van der Waals surface area contributed by atoms with Gasteiger partial charge in [0, 0.05) is 6.04 Å². The number of nitrogens with one attached hydrogen (secondary N) is 2. The van der Waals surface area contributed by atoms with Crippen LogP contribution in [0.15, 0.2) is 18.2 Å². The summed E-state index contributed by atoms with van der Waals surface area (Å²) in [6.45, 7) is 3.23. The standard InChI is InChI=1S/C15H24N2O2/c1-18-14-3-4-15(19-2)12(11-14)5-10-17-13-6-8-16-9-7-13/h3-4,11,13,16-17H,5-10H2,1-2H3. The molecule has 1 aliphatic rings. The van der Waals surface area contributed by atoms with Gasteiger partial charge in [-0.2, -0.15) is 0 Å². The predicted molar refractivity (Wildman–Crippen MR) is 77.1 cm³/mol. The zero-order valence-electron chi connectivity index (χ0n) is 11.9. The molecular weight excluding hydrogens is 240 g/mol. The maximum absolute atomic E-state index is 5.39. The van der Waals surface area contributed by atoms with Gasteiger partial charge in [-0.05, 0) is 62.7 Å². The van der Waals surface area contributed by atoms with Crippen molar-refractivity contribution in [2.24, 2.45) is 0 Å². The zero-order valence-corrected chi connectivity index (χ0v) is 11.9. The Morgan fingerprint density at radius 3 is 2.68 bits per heavy atom. The maximum atomic E-state index is 5.39. The van der Waals surface area contributed by atoms with Crippen molar-refractivity contribution in [3.05, 3.63) is 23.8 Å². The Morgan fingerprint density at radius 1 is 1.21 bits per heavy atom. The van der Waals surface area contributed by atoms with Crippen LogP contribution in [0.25, 0.3) is 0 Å². The van der Waals surface area contributed by atoms with Crippen LogP contribution in [0.2, 0.25) is 0 Å². The average Bonchev–Trinajstić information content (AvgIpc) is 2.48. The molecule has 4 heteroatoms. The van der Waals surface area contributed by atoms with Crippen molar-refractivity contribution in [3.63, 3.8) is 0 Å². The van der Waals surface area contributed by atoms with Crippen LogP contribution >= 0.6 is 0 Å². The first-order chi connectivity index (χ1) is 9.33. The molecule has 0 saturated carbocycles. The van der Waals surface area contributed by atoms with E-state index < -0.39 is 0 Å². The Bertz CT molecular complexity index is 390. The van der Waals surface area contributed by atoms with Crippen molar-refractivity contribution >= 4 is 0 Å². The van der Waals surface area contributed by atoms with E-state index in [4.69, 9.17) is 9.47 Å². The molecule has 0 bridgehead atoms. The predicted octanol–water partition coefficient (Wildman–Crippen LogP) is 1.59. The van der Waals surface area contributed by atoms with E-state index >= 15 is 0 Å². The van der Waals surface area contributed by atoms with Gasteiger partial charge in [0.05, 0.1) is 14.2 Å². The molecule has 106 valence electrons. The number of rotatable bonds is 6. The van der Waals surface area contributed by atoms with Crippen molar-refractivity contribution in [2.75, 3.05) is 33.9 Å². The normalized spacial score (nSPS) is 16.3. The molecule has 1 aromatic carbocycles. The molecule has 1 saturated heterocycles. The van der Waals surface area contributed by atoms with Crippen molar-refractivity contribution in [1.29, 1.82) is 0 Å². The second kappa shape index (κ2) is 7.36. The highest BCUT2D eigenvalue weighted by Crippen LogP contribution is 2.24. The lowest BCUT2D eigenvalue weighted by Gasteiger charge is -2.24. The fourth-order valence-electron chi connectivity index (χ4n) is 2.51. The van der Waals surface area contributed by atoms with Crippen LogP contribution in [0.4, 0.5) is 0 Å². The van der Waals surface area contributed by atoms with E-state index in [9.17, 15) is 0 Å². The van der Waals surface area contributed by atoms with Crippen LogP contribution in [-0.2, 0) is 6.42 Å². The SMILES string of the molecule is COc1ccc(OC)c(CCNC2CCNCC2)c1. The Hall–Kier alpha value is -1.26. The first-order valence-corrected chi connectivity index (χ1v) is 6.98. The lowest BCUT2D eigenvalue weighted by atomic mass is 10.1. The molecule has 0 amide bonds. The number of methoxy groups -OCH3 is 2. The van der Waals surface area contributed by atoms with Crippen LogP contribution in [0.5, 0.6) is 11.5 Å². The van der Waals surface area contributed by atoms with Crippen molar-refractivity contribution < 1.29 is 9.47 Å². The Morgan fingerprint density at radius 2 is 2.00 bits per heavy atom. The molecule has 2 N–H and O–H groups in total. The monoisotopic (exact) mass is 264 g/mol. The second-order valence-corrected chi connectivity index (χ2v) is 4.91. The van der Waals surface area contributed by atoms with Crippen LogP contribution < -0.4 is 20.1 Å². The van der Waals surface area contributed by atoms with E-state index in [0.29, 0.717) is 6.04 Å². The number of piperidine rings is 1. The molecule has 2 rings (SSSR count). The van der Waals surface area contributed by atoms with Crippen LogP contribution in [-0.4, -0.2) is 39.9 Å². The van der Waals surface area contributed by atoms with Crippen molar-refractivity contribution in [1.82, 2.24) is 10.6 Å². The lowest BCUT2D eigenvalue weighted by Crippen LogP contribution is -2.40. The fourth-order valence-corrected chi connectivity index (χ4v) is 2.51. The first-order valence-electron chi connectivity index (χ1n) is 6.98. The van der Waals surface area contributed by atoms with E-state index in [1.165, 1.54) is 18.4 Å². The van der Waals surface area contributed by atoms with Crippen molar-refractivity contribution in [3.8, 4) is 11.5 Å². The highest BCUT2D eigenvalue weighted by atomic mass is 16.5. The van der Waals surface area contributed by atoms with Gasteiger partial charge in [0.15, 0.2) is 0 Å². The Balaban J connectivity index is 1.86. The van der Waals surface area contributed by atoms with Gasteiger partial charge < -0.3 is 20.1 Å². The summed E-state index contributed by atoms with van der Waals surface area (Å²) in [7, 11) is 3.41. The largest absolute Gasteiger partial charge is 0.497 e. The molecule has 1 aliphatic heterocycles. The summed E-state index contributed by atoms with van der Waals surface area (Å²) in [6, 6.07) is 6.61. The lowest BCUT2D eigenvalue weighted by molar-refractivity contribution is 0.383. The molecule has 0 spiro atoms. The molecule has 0 aromatic heterocycles. The van der Waals surface area contributed by atoms with Gasteiger partial charge in [0.25, 0.3) is 0 Å². The summed E-state index contributed by atoms with van der Waals surface area (Å²) in [5.74, 6) is 1.82. The molecule has 0 aliphatic carbocycles. The summed E-state index contributed by atoms with van der Waals surface area (Å²) < 4.78 is 10.7. The molecule has 0 unspecified atom stereocenters. The molecule has 1 aromatic rings.